The molecule has 2 rings (SSSR count). The maximum Gasteiger partial charge on any atom is 0.412 e. The van der Waals surface area contributed by atoms with E-state index in [-0.39, 0.29) is 24.9 Å². The van der Waals surface area contributed by atoms with Gasteiger partial charge in [-0.2, -0.15) is 0 Å². The molecule has 0 heterocycles. The summed E-state index contributed by atoms with van der Waals surface area (Å²) in [7, 11) is 0. The summed E-state index contributed by atoms with van der Waals surface area (Å²) in [4.78, 5) is 36.0. The Kier molecular flexibility index (Phi) is 7.32. The first-order chi connectivity index (χ1) is 13.3. The van der Waals surface area contributed by atoms with Crippen molar-refractivity contribution >= 4 is 17.8 Å². The molecular formula is C22H25NO5. The molecule has 0 aliphatic heterocycles. The zero-order chi connectivity index (χ0) is 20.6. The van der Waals surface area contributed by atoms with Gasteiger partial charge in [-0.3, -0.25) is 9.59 Å². The fourth-order valence-corrected chi connectivity index (χ4v) is 2.21. The van der Waals surface area contributed by atoms with Gasteiger partial charge in [-0.25, -0.2) is 4.79 Å². The van der Waals surface area contributed by atoms with Crippen LogP contribution in [0.1, 0.15) is 43.1 Å². The summed E-state index contributed by atoms with van der Waals surface area (Å²) in [5, 5.41) is 2.51. The van der Waals surface area contributed by atoms with Gasteiger partial charge in [0.05, 0.1) is 12.0 Å². The van der Waals surface area contributed by atoms with E-state index in [0.29, 0.717) is 23.3 Å². The predicted octanol–water partition coefficient (Wildman–Crippen LogP) is 3.99. The van der Waals surface area contributed by atoms with Crippen LogP contribution in [0.25, 0.3) is 0 Å². The van der Waals surface area contributed by atoms with Crippen LogP contribution in [0.15, 0.2) is 54.6 Å². The number of rotatable bonds is 8. The normalized spacial score (nSPS) is 10.8. The molecule has 0 saturated heterocycles. The average Bonchev–Trinajstić information content (AvgIpc) is 2.71. The van der Waals surface area contributed by atoms with Crippen LogP contribution in [-0.2, 0) is 9.53 Å². The first-order valence-corrected chi connectivity index (χ1v) is 9.16. The van der Waals surface area contributed by atoms with Gasteiger partial charge in [0.25, 0.3) is 0 Å². The number of benzene rings is 2. The van der Waals surface area contributed by atoms with Crippen LogP contribution in [0.4, 0.5) is 4.79 Å². The lowest BCUT2D eigenvalue weighted by atomic mass is 9.91. The highest BCUT2D eigenvalue weighted by Gasteiger charge is 2.26. The minimum Gasteiger partial charge on any atom is -0.463 e. The lowest BCUT2D eigenvalue weighted by molar-refractivity contribution is -0.153. The quantitative estimate of drug-likeness (QED) is 0.423. The molecule has 0 atom stereocenters. The number of carbonyl (C=O) groups excluding carboxylic acids is 3. The van der Waals surface area contributed by atoms with Gasteiger partial charge >= 0.3 is 12.1 Å². The third-order valence-electron chi connectivity index (χ3n) is 4.40. The van der Waals surface area contributed by atoms with Gasteiger partial charge in [-0.1, -0.05) is 37.3 Å². The second kappa shape index (κ2) is 9.69. The van der Waals surface area contributed by atoms with Crippen LogP contribution >= 0.6 is 0 Å². The Morgan fingerprint density at radius 3 is 2.14 bits per heavy atom. The summed E-state index contributed by atoms with van der Waals surface area (Å²) >= 11 is 0. The smallest absolute Gasteiger partial charge is 0.412 e. The molecule has 0 aliphatic carbocycles. The Hall–Kier alpha value is -3.15. The van der Waals surface area contributed by atoms with E-state index >= 15 is 0 Å². The van der Waals surface area contributed by atoms with Crippen LogP contribution in [-0.4, -0.2) is 31.0 Å². The Balaban J connectivity index is 1.78. The Bertz CT molecular complexity index is 813. The summed E-state index contributed by atoms with van der Waals surface area (Å²) in [6.07, 6.45) is 0.0114. The summed E-state index contributed by atoms with van der Waals surface area (Å²) in [6.45, 7) is 5.75. The summed E-state index contributed by atoms with van der Waals surface area (Å²) in [5.74, 6) is -0.0940. The van der Waals surface area contributed by atoms with E-state index in [2.05, 4.69) is 5.32 Å². The van der Waals surface area contributed by atoms with Crippen molar-refractivity contribution in [2.45, 2.75) is 27.2 Å². The first-order valence-electron chi connectivity index (χ1n) is 9.16. The molecule has 1 amide bonds. The molecule has 2 aromatic rings. The van der Waals surface area contributed by atoms with Gasteiger partial charge < -0.3 is 14.8 Å². The number of carbonyl (C=O) groups is 3. The van der Waals surface area contributed by atoms with Gasteiger partial charge in [0.15, 0.2) is 5.78 Å². The molecule has 0 saturated carbocycles. The topological polar surface area (TPSA) is 81.7 Å². The molecule has 0 aliphatic rings. The highest BCUT2D eigenvalue weighted by Crippen LogP contribution is 2.21. The number of esters is 1. The monoisotopic (exact) mass is 383 g/mol. The maximum absolute atomic E-state index is 12.3. The van der Waals surface area contributed by atoms with E-state index in [1.165, 1.54) is 0 Å². The first kappa shape index (κ1) is 21.2. The number of ether oxygens (including phenoxy) is 2. The van der Waals surface area contributed by atoms with Gasteiger partial charge in [-0.15, -0.1) is 0 Å². The van der Waals surface area contributed by atoms with E-state index in [0.717, 1.165) is 0 Å². The molecule has 0 aromatic heterocycles. The summed E-state index contributed by atoms with van der Waals surface area (Å²) in [6, 6.07) is 15.3. The molecule has 0 spiro atoms. The van der Waals surface area contributed by atoms with Crippen molar-refractivity contribution in [3.8, 4) is 5.75 Å². The predicted molar refractivity (Wildman–Crippen MR) is 105 cm³/mol. The van der Waals surface area contributed by atoms with Crippen LogP contribution in [0.3, 0.4) is 0 Å². The number of hydrogen-bond donors (Lipinski definition) is 1. The van der Waals surface area contributed by atoms with Crippen molar-refractivity contribution in [3.05, 3.63) is 65.7 Å². The third-order valence-corrected chi connectivity index (χ3v) is 4.40. The zero-order valence-corrected chi connectivity index (χ0v) is 16.4. The number of amides is 1. The third kappa shape index (κ3) is 5.94. The maximum atomic E-state index is 12.3. The van der Waals surface area contributed by atoms with Gasteiger partial charge in [0.2, 0.25) is 0 Å². The molecule has 0 unspecified atom stereocenters. The summed E-state index contributed by atoms with van der Waals surface area (Å²) in [5.41, 5.74) is 0.554. The Morgan fingerprint density at radius 2 is 1.54 bits per heavy atom. The molecule has 28 heavy (non-hydrogen) atoms. The van der Waals surface area contributed by atoms with Crippen LogP contribution in [0, 0.1) is 5.41 Å². The summed E-state index contributed by atoms with van der Waals surface area (Å²) < 4.78 is 10.3. The highest BCUT2D eigenvalue weighted by molar-refractivity contribution is 6.09. The number of ketones is 1. The molecule has 148 valence electrons. The van der Waals surface area contributed by atoms with Crippen LogP contribution < -0.4 is 10.1 Å². The second-order valence-electron chi connectivity index (χ2n) is 6.91. The van der Waals surface area contributed by atoms with Crippen LogP contribution in [0.5, 0.6) is 5.75 Å². The van der Waals surface area contributed by atoms with Gasteiger partial charge in [0, 0.05) is 11.1 Å². The molecule has 6 heteroatoms. The molecule has 2 aromatic carbocycles. The van der Waals surface area contributed by atoms with E-state index in [9.17, 15) is 14.4 Å². The lowest BCUT2D eigenvalue weighted by Gasteiger charge is -2.20. The number of hydrogen-bond acceptors (Lipinski definition) is 5. The van der Waals surface area contributed by atoms with E-state index in [1.807, 2.05) is 26.8 Å². The standard InChI is InChI=1S/C22H25NO5/c1-4-22(2,3)20(25)27-15-14-23-21(26)28-18-12-10-17(11-13-18)19(24)16-8-6-5-7-9-16/h5-13H,4,14-15H2,1-3H3,(H,23,26). The zero-order valence-electron chi connectivity index (χ0n) is 16.4. The largest absolute Gasteiger partial charge is 0.463 e. The molecule has 0 fully saturated rings. The number of nitrogens with one attached hydrogen (secondary N) is 1. The van der Waals surface area contributed by atoms with E-state index in [1.54, 1.807) is 48.5 Å². The molecule has 6 nitrogen and oxygen atoms in total. The van der Waals surface area contributed by atoms with E-state index in [4.69, 9.17) is 9.47 Å². The van der Waals surface area contributed by atoms with Crippen molar-refractivity contribution in [3.63, 3.8) is 0 Å². The lowest BCUT2D eigenvalue weighted by Crippen LogP contribution is -2.33. The molecule has 1 N–H and O–H groups in total. The highest BCUT2D eigenvalue weighted by atomic mass is 16.6. The molecular weight excluding hydrogens is 358 g/mol. The van der Waals surface area contributed by atoms with Gasteiger partial charge in [0.1, 0.15) is 12.4 Å². The second-order valence-corrected chi connectivity index (χ2v) is 6.91. The van der Waals surface area contributed by atoms with Crippen molar-refractivity contribution in [2.75, 3.05) is 13.2 Å². The average molecular weight is 383 g/mol. The van der Waals surface area contributed by atoms with E-state index < -0.39 is 11.5 Å². The minimum atomic E-state index is -0.659. The van der Waals surface area contributed by atoms with Gasteiger partial charge in [-0.05, 0) is 44.5 Å². The fourth-order valence-electron chi connectivity index (χ4n) is 2.21. The van der Waals surface area contributed by atoms with Crippen molar-refractivity contribution in [2.24, 2.45) is 5.41 Å². The Morgan fingerprint density at radius 1 is 0.929 bits per heavy atom. The fraction of sp³-hybridized carbons (Fsp3) is 0.318. The van der Waals surface area contributed by atoms with Crippen LogP contribution in [0.2, 0.25) is 0 Å². The van der Waals surface area contributed by atoms with Crippen molar-refractivity contribution < 1.29 is 23.9 Å². The SMILES string of the molecule is CCC(C)(C)C(=O)OCCNC(=O)Oc1ccc(C(=O)c2ccccc2)cc1. The molecule has 0 radical (unpaired) electrons. The van der Waals surface area contributed by atoms with Crippen molar-refractivity contribution in [1.82, 2.24) is 5.32 Å². The Labute approximate surface area is 164 Å². The minimum absolute atomic E-state index is 0.0713. The van der Waals surface area contributed by atoms with Crippen molar-refractivity contribution in [1.29, 1.82) is 0 Å². The molecule has 0 bridgehead atoms.